The molecule has 1 atom stereocenters. The first-order valence-electron chi connectivity index (χ1n) is 9.92. The van der Waals surface area contributed by atoms with Crippen molar-refractivity contribution in [3.63, 3.8) is 0 Å². The minimum atomic E-state index is -0.896. The quantitative estimate of drug-likeness (QED) is 0.539. The Balaban J connectivity index is 1.55. The van der Waals surface area contributed by atoms with Crippen molar-refractivity contribution < 1.29 is 14.6 Å². The summed E-state index contributed by atoms with van der Waals surface area (Å²) >= 11 is 0. The molecular weight excluding hydrogens is 394 g/mol. The minimum absolute atomic E-state index is 0.125. The Kier molecular flexibility index (Phi) is 3.42. The lowest BCUT2D eigenvalue weighted by molar-refractivity contribution is 0.243. The Morgan fingerprint density at radius 3 is 2.71 bits per heavy atom. The first-order chi connectivity index (χ1) is 15.0. The van der Waals surface area contributed by atoms with E-state index in [-0.39, 0.29) is 5.88 Å². The van der Waals surface area contributed by atoms with Crippen LogP contribution in [0.3, 0.4) is 0 Å². The SMILES string of the molecule is COc1ccc2c3n(c(O)c2c1)C[C@@]1(c2cc(-c4ccccc4)nn2C)NC(=O)N=C31. The highest BCUT2D eigenvalue weighted by Gasteiger charge is 2.54. The average Bonchev–Trinajstić information content (AvgIpc) is 3.48. The van der Waals surface area contributed by atoms with Gasteiger partial charge in [-0.15, -0.1) is 0 Å². The van der Waals surface area contributed by atoms with E-state index in [2.05, 4.69) is 15.4 Å². The van der Waals surface area contributed by atoms with Crippen molar-refractivity contribution in [3.8, 4) is 22.9 Å². The highest BCUT2D eigenvalue weighted by Crippen LogP contribution is 2.46. The van der Waals surface area contributed by atoms with Gasteiger partial charge in [0.05, 0.1) is 30.7 Å². The second kappa shape index (κ2) is 5.98. The Morgan fingerprint density at radius 2 is 1.94 bits per heavy atom. The number of hydrogen-bond acceptors (Lipinski definition) is 4. The predicted octanol–water partition coefficient (Wildman–Crippen LogP) is 3.18. The van der Waals surface area contributed by atoms with Crippen LogP contribution in [0.1, 0.15) is 11.4 Å². The molecule has 2 aromatic carbocycles. The highest BCUT2D eigenvalue weighted by molar-refractivity contribution is 6.23. The summed E-state index contributed by atoms with van der Waals surface area (Å²) in [6.45, 7) is 0.323. The topological polar surface area (TPSA) is 93.7 Å². The number of ether oxygens (including phenoxy) is 1. The van der Waals surface area contributed by atoms with E-state index in [1.165, 1.54) is 0 Å². The highest BCUT2D eigenvalue weighted by atomic mass is 16.5. The van der Waals surface area contributed by atoms with Gasteiger partial charge in [-0.05, 0) is 24.3 Å². The number of benzene rings is 2. The molecule has 2 aliphatic rings. The first kappa shape index (κ1) is 17.8. The van der Waals surface area contributed by atoms with Crippen LogP contribution in [0, 0.1) is 0 Å². The molecule has 0 saturated heterocycles. The monoisotopic (exact) mass is 413 g/mol. The molecule has 4 aromatic rings. The van der Waals surface area contributed by atoms with Gasteiger partial charge in [0.1, 0.15) is 17.0 Å². The molecule has 0 unspecified atom stereocenters. The molecule has 4 heterocycles. The smallest absolute Gasteiger partial charge is 0.342 e. The lowest BCUT2D eigenvalue weighted by Crippen LogP contribution is -2.46. The van der Waals surface area contributed by atoms with Crippen LogP contribution in [0.5, 0.6) is 11.6 Å². The predicted molar refractivity (Wildman–Crippen MR) is 116 cm³/mol. The third-order valence-corrected chi connectivity index (χ3v) is 6.19. The van der Waals surface area contributed by atoms with Crippen LogP contribution in [0.25, 0.3) is 22.0 Å². The van der Waals surface area contributed by atoms with Gasteiger partial charge < -0.3 is 19.7 Å². The fourth-order valence-corrected chi connectivity index (χ4v) is 4.80. The van der Waals surface area contributed by atoms with Gasteiger partial charge in [-0.3, -0.25) is 4.68 Å². The maximum Gasteiger partial charge on any atom is 0.342 e. The van der Waals surface area contributed by atoms with Crippen LogP contribution in [-0.2, 0) is 19.1 Å². The number of aryl methyl sites for hydroxylation is 1. The van der Waals surface area contributed by atoms with E-state index in [0.717, 1.165) is 28.0 Å². The second-order valence-corrected chi connectivity index (χ2v) is 7.87. The summed E-state index contributed by atoms with van der Waals surface area (Å²) in [6.07, 6.45) is 0. The van der Waals surface area contributed by atoms with Crippen molar-refractivity contribution >= 4 is 22.5 Å². The minimum Gasteiger partial charge on any atom is -0.497 e. The fraction of sp³-hybridized carbons (Fsp3) is 0.174. The number of aromatic hydroxyl groups is 1. The van der Waals surface area contributed by atoms with Crippen molar-refractivity contribution in [2.45, 2.75) is 12.1 Å². The summed E-state index contributed by atoms with van der Waals surface area (Å²) in [4.78, 5) is 16.8. The molecule has 2 amide bonds. The van der Waals surface area contributed by atoms with Crippen molar-refractivity contribution in [2.24, 2.45) is 12.0 Å². The number of fused-ring (bicyclic) bond motifs is 5. The van der Waals surface area contributed by atoms with E-state index in [0.29, 0.717) is 23.4 Å². The largest absolute Gasteiger partial charge is 0.497 e. The Morgan fingerprint density at radius 1 is 1.13 bits per heavy atom. The molecule has 2 aliphatic heterocycles. The zero-order valence-corrected chi connectivity index (χ0v) is 17.0. The third kappa shape index (κ3) is 2.27. The van der Waals surface area contributed by atoms with E-state index in [4.69, 9.17) is 4.74 Å². The van der Waals surface area contributed by atoms with Gasteiger partial charge >= 0.3 is 6.03 Å². The number of amides is 2. The van der Waals surface area contributed by atoms with Gasteiger partial charge in [0.25, 0.3) is 0 Å². The Hall–Kier alpha value is -4.07. The van der Waals surface area contributed by atoms with Crippen LogP contribution >= 0.6 is 0 Å². The average molecular weight is 413 g/mol. The molecule has 0 fully saturated rings. The molecule has 0 aliphatic carbocycles. The number of aromatic nitrogens is 3. The standard InChI is InChI=1S/C23H19N5O3/c1-27-18(11-17(26-27)13-6-4-3-5-7-13)23-12-28-19(20(23)24-22(30)25-23)15-9-8-14(31-2)10-16(15)21(28)29/h3-11,29H,12H2,1-2H3,(H,25,30)/t23-/m0/s1. The van der Waals surface area contributed by atoms with Crippen LogP contribution in [0.2, 0.25) is 0 Å². The van der Waals surface area contributed by atoms with E-state index in [1.807, 2.05) is 55.6 Å². The molecule has 154 valence electrons. The lowest BCUT2D eigenvalue weighted by Gasteiger charge is -2.25. The normalized spacial score (nSPS) is 19.3. The summed E-state index contributed by atoms with van der Waals surface area (Å²) in [5.41, 5.74) is 3.03. The maximum atomic E-state index is 12.5. The van der Waals surface area contributed by atoms with Gasteiger partial charge in [-0.25, -0.2) is 4.79 Å². The molecule has 2 N–H and O–H groups in total. The number of carbonyl (C=O) groups excluding carboxylic acids is 1. The maximum absolute atomic E-state index is 12.5. The van der Waals surface area contributed by atoms with E-state index >= 15 is 0 Å². The third-order valence-electron chi connectivity index (χ3n) is 6.19. The van der Waals surface area contributed by atoms with Gasteiger partial charge in [-0.1, -0.05) is 30.3 Å². The number of rotatable bonds is 3. The summed E-state index contributed by atoms with van der Waals surface area (Å²) in [7, 11) is 3.44. The number of hydrogen-bond donors (Lipinski definition) is 2. The number of nitrogens with one attached hydrogen (secondary N) is 1. The van der Waals surface area contributed by atoms with Crippen LogP contribution in [0.4, 0.5) is 4.79 Å². The zero-order valence-electron chi connectivity index (χ0n) is 17.0. The Labute approximate surface area is 177 Å². The van der Waals surface area contributed by atoms with Gasteiger partial charge in [0.15, 0.2) is 5.88 Å². The first-order valence-corrected chi connectivity index (χ1v) is 9.92. The molecule has 0 bridgehead atoms. The van der Waals surface area contributed by atoms with Crippen molar-refractivity contribution in [1.82, 2.24) is 19.7 Å². The zero-order chi connectivity index (χ0) is 21.3. The van der Waals surface area contributed by atoms with Gasteiger partial charge in [-0.2, -0.15) is 10.1 Å². The molecule has 31 heavy (non-hydrogen) atoms. The van der Waals surface area contributed by atoms with Gasteiger partial charge in [0.2, 0.25) is 0 Å². The molecule has 8 heteroatoms. The molecule has 0 radical (unpaired) electrons. The number of aliphatic imine (C=N–C) groups is 1. The molecule has 8 nitrogen and oxygen atoms in total. The molecule has 0 spiro atoms. The van der Waals surface area contributed by atoms with Crippen molar-refractivity contribution in [2.75, 3.05) is 7.11 Å². The number of nitrogens with zero attached hydrogens (tertiary/aromatic N) is 4. The lowest BCUT2D eigenvalue weighted by atomic mass is 9.89. The summed E-state index contributed by atoms with van der Waals surface area (Å²) < 4.78 is 8.88. The van der Waals surface area contributed by atoms with Crippen LogP contribution in [-0.4, -0.2) is 38.3 Å². The summed E-state index contributed by atoms with van der Waals surface area (Å²) in [6, 6.07) is 17.0. The van der Waals surface area contributed by atoms with Crippen molar-refractivity contribution in [3.05, 3.63) is 66.0 Å². The van der Waals surface area contributed by atoms with Crippen LogP contribution < -0.4 is 10.1 Å². The molecular formula is C23H19N5O3. The Bertz CT molecular complexity index is 1420. The number of carbonyl (C=O) groups is 1. The van der Waals surface area contributed by atoms with Crippen LogP contribution in [0.15, 0.2) is 59.6 Å². The molecule has 0 saturated carbocycles. The number of urea groups is 1. The van der Waals surface area contributed by atoms with Crippen molar-refractivity contribution in [1.29, 1.82) is 0 Å². The summed E-state index contributed by atoms with van der Waals surface area (Å²) in [5.74, 6) is 0.778. The second-order valence-electron chi connectivity index (χ2n) is 7.87. The fourth-order valence-electron chi connectivity index (χ4n) is 4.80. The van der Waals surface area contributed by atoms with Gasteiger partial charge in [0, 0.05) is 23.4 Å². The number of methoxy groups -OCH3 is 1. The molecule has 6 rings (SSSR count). The molecule has 2 aromatic heterocycles. The summed E-state index contributed by atoms with van der Waals surface area (Å²) in [5, 5.41) is 20.2. The van der Waals surface area contributed by atoms with E-state index < -0.39 is 11.6 Å². The van der Waals surface area contributed by atoms with E-state index in [9.17, 15) is 9.90 Å². The van der Waals surface area contributed by atoms with E-state index in [1.54, 1.807) is 22.4 Å².